The summed E-state index contributed by atoms with van der Waals surface area (Å²) in [5, 5.41) is 5.95. The van der Waals surface area contributed by atoms with E-state index in [0.29, 0.717) is 23.4 Å². The van der Waals surface area contributed by atoms with Gasteiger partial charge in [0.2, 0.25) is 0 Å². The Hall–Kier alpha value is -4.29. The molecule has 0 saturated carbocycles. The number of carbonyl (C=O) groups excluding carboxylic acids is 2. The molecule has 2 amide bonds. The lowest BCUT2D eigenvalue weighted by Crippen LogP contribution is -2.41. The SMILES string of the molecule is CN(C(=S)NC(=O)c1ccc(-c2ccccc2)cc1)c1ccccc1C(=O)NCCc1ccccc1. The summed E-state index contributed by atoms with van der Waals surface area (Å²) in [6.07, 6.45) is 0.738. The fourth-order valence-electron chi connectivity index (χ4n) is 3.83. The highest BCUT2D eigenvalue weighted by atomic mass is 32.1. The van der Waals surface area contributed by atoms with Gasteiger partial charge in [0.15, 0.2) is 5.11 Å². The molecule has 0 fully saturated rings. The summed E-state index contributed by atoms with van der Waals surface area (Å²) < 4.78 is 0. The molecule has 0 spiro atoms. The second-order valence-corrected chi connectivity index (χ2v) is 8.66. The largest absolute Gasteiger partial charge is 0.352 e. The summed E-state index contributed by atoms with van der Waals surface area (Å²) in [7, 11) is 1.73. The van der Waals surface area contributed by atoms with E-state index in [1.165, 1.54) is 0 Å². The number of hydrogen-bond acceptors (Lipinski definition) is 3. The van der Waals surface area contributed by atoms with Gasteiger partial charge in [0.05, 0.1) is 11.3 Å². The van der Waals surface area contributed by atoms with Crippen LogP contribution in [0.4, 0.5) is 5.69 Å². The van der Waals surface area contributed by atoms with Crippen LogP contribution in [-0.2, 0) is 6.42 Å². The molecule has 0 aliphatic rings. The van der Waals surface area contributed by atoms with Gasteiger partial charge in [0, 0.05) is 19.2 Å². The predicted octanol–water partition coefficient (Wildman–Crippen LogP) is 5.48. The van der Waals surface area contributed by atoms with Crippen LogP contribution < -0.4 is 15.5 Å². The van der Waals surface area contributed by atoms with Gasteiger partial charge in [0.25, 0.3) is 11.8 Å². The quantitative estimate of drug-likeness (QED) is 0.335. The van der Waals surface area contributed by atoms with Crippen LogP contribution in [0.1, 0.15) is 26.3 Å². The molecule has 0 bridgehead atoms. The lowest BCUT2D eigenvalue weighted by atomic mass is 10.0. The molecule has 0 aromatic heterocycles. The minimum Gasteiger partial charge on any atom is -0.352 e. The molecule has 0 unspecified atom stereocenters. The number of nitrogens with zero attached hydrogens (tertiary/aromatic N) is 1. The van der Waals surface area contributed by atoms with Crippen LogP contribution in [0.3, 0.4) is 0 Å². The van der Waals surface area contributed by atoms with E-state index in [1.807, 2.05) is 78.9 Å². The lowest BCUT2D eigenvalue weighted by Gasteiger charge is -2.23. The highest BCUT2D eigenvalue weighted by molar-refractivity contribution is 7.80. The first kappa shape index (κ1) is 24.8. The van der Waals surface area contributed by atoms with Crippen molar-refractivity contribution >= 4 is 34.8 Å². The van der Waals surface area contributed by atoms with Crippen molar-refractivity contribution in [1.29, 1.82) is 0 Å². The van der Waals surface area contributed by atoms with Gasteiger partial charge >= 0.3 is 0 Å². The summed E-state index contributed by atoms with van der Waals surface area (Å²) in [5.41, 5.74) is 4.86. The van der Waals surface area contributed by atoms with Crippen LogP contribution in [0.2, 0.25) is 0 Å². The van der Waals surface area contributed by atoms with Crippen LogP contribution in [0.25, 0.3) is 11.1 Å². The molecule has 5 nitrogen and oxygen atoms in total. The molecule has 0 heterocycles. The molecule has 0 atom stereocenters. The average Bonchev–Trinajstić information content (AvgIpc) is 2.93. The van der Waals surface area contributed by atoms with Crippen LogP contribution in [-0.4, -0.2) is 30.5 Å². The zero-order chi connectivity index (χ0) is 25.3. The van der Waals surface area contributed by atoms with Crippen molar-refractivity contribution < 1.29 is 9.59 Å². The van der Waals surface area contributed by atoms with Crippen molar-refractivity contribution in [3.05, 3.63) is 126 Å². The molecule has 4 aromatic rings. The number of thiocarbonyl (C=S) groups is 1. The highest BCUT2D eigenvalue weighted by Crippen LogP contribution is 2.21. The van der Waals surface area contributed by atoms with E-state index in [0.717, 1.165) is 23.1 Å². The summed E-state index contributed by atoms with van der Waals surface area (Å²) >= 11 is 5.50. The number of anilines is 1. The van der Waals surface area contributed by atoms with E-state index < -0.39 is 0 Å². The smallest absolute Gasteiger partial charge is 0.257 e. The number of rotatable bonds is 7. The normalized spacial score (nSPS) is 10.4. The second kappa shape index (κ2) is 11.9. The zero-order valence-corrected chi connectivity index (χ0v) is 20.8. The molecular weight excluding hydrogens is 466 g/mol. The lowest BCUT2D eigenvalue weighted by molar-refractivity contribution is 0.0952. The van der Waals surface area contributed by atoms with Gasteiger partial charge in [-0.05, 0) is 59.6 Å². The number of benzene rings is 4. The molecule has 0 aliphatic carbocycles. The third kappa shape index (κ3) is 6.23. The van der Waals surface area contributed by atoms with Gasteiger partial charge in [0.1, 0.15) is 0 Å². The Morgan fingerprint density at radius 3 is 2.00 bits per heavy atom. The van der Waals surface area contributed by atoms with Gasteiger partial charge < -0.3 is 10.2 Å². The van der Waals surface area contributed by atoms with E-state index >= 15 is 0 Å². The molecule has 36 heavy (non-hydrogen) atoms. The molecular formula is C30H27N3O2S. The maximum atomic E-state index is 12.9. The molecule has 2 N–H and O–H groups in total. The first-order chi connectivity index (χ1) is 17.5. The van der Waals surface area contributed by atoms with Crippen molar-refractivity contribution in [2.45, 2.75) is 6.42 Å². The molecule has 0 saturated heterocycles. The Morgan fingerprint density at radius 1 is 0.722 bits per heavy atom. The zero-order valence-electron chi connectivity index (χ0n) is 20.0. The predicted molar refractivity (Wildman–Crippen MR) is 149 cm³/mol. The minimum absolute atomic E-state index is 0.195. The third-order valence-corrected chi connectivity index (χ3v) is 6.21. The maximum Gasteiger partial charge on any atom is 0.257 e. The van der Waals surface area contributed by atoms with Crippen LogP contribution in [0.15, 0.2) is 109 Å². The third-order valence-electron chi connectivity index (χ3n) is 5.83. The Balaban J connectivity index is 1.38. The Bertz CT molecular complexity index is 1340. The number of carbonyl (C=O) groups is 2. The van der Waals surface area contributed by atoms with Crippen LogP contribution >= 0.6 is 12.2 Å². The minimum atomic E-state index is -0.309. The second-order valence-electron chi connectivity index (χ2n) is 8.27. The number of amides is 2. The van der Waals surface area contributed by atoms with Crippen LogP contribution in [0.5, 0.6) is 0 Å². The monoisotopic (exact) mass is 493 g/mol. The van der Waals surface area contributed by atoms with E-state index in [-0.39, 0.29) is 16.9 Å². The van der Waals surface area contributed by atoms with Crippen molar-refractivity contribution in [2.24, 2.45) is 0 Å². The van der Waals surface area contributed by atoms with Crippen molar-refractivity contribution in [3.8, 4) is 11.1 Å². The van der Waals surface area contributed by atoms with Crippen molar-refractivity contribution in [1.82, 2.24) is 10.6 Å². The number of nitrogens with one attached hydrogen (secondary N) is 2. The molecule has 0 radical (unpaired) electrons. The molecule has 6 heteroatoms. The highest BCUT2D eigenvalue weighted by Gasteiger charge is 2.18. The van der Waals surface area contributed by atoms with E-state index in [1.54, 1.807) is 42.3 Å². The van der Waals surface area contributed by atoms with E-state index in [9.17, 15) is 9.59 Å². The van der Waals surface area contributed by atoms with Gasteiger partial charge in [-0.1, -0.05) is 84.9 Å². The Labute approximate surface area is 216 Å². The first-order valence-electron chi connectivity index (χ1n) is 11.7. The first-order valence-corrected chi connectivity index (χ1v) is 12.1. The van der Waals surface area contributed by atoms with Gasteiger partial charge in [-0.25, -0.2) is 0 Å². The Morgan fingerprint density at radius 2 is 1.31 bits per heavy atom. The molecule has 0 aliphatic heterocycles. The number of para-hydroxylation sites is 1. The summed E-state index contributed by atoms with van der Waals surface area (Å²) in [6.45, 7) is 0.515. The molecule has 4 rings (SSSR count). The fourth-order valence-corrected chi connectivity index (χ4v) is 4.02. The molecule has 180 valence electrons. The van der Waals surface area contributed by atoms with Crippen molar-refractivity contribution in [3.63, 3.8) is 0 Å². The summed E-state index contributed by atoms with van der Waals surface area (Å²) in [5.74, 6) is -0.504. The van der Waals surface area contributed by atoms with E-state index in [2.05, 4.69) is 10.6 Å². The Kier molecular flexibility index (Phi) is 8.21. The molecule has 4 aromatic carbocycles. The summed E-state index contributed by atoms with van der Waals surface area (Å²) in [4.78, 5) is 27.4. The van der Waals surface area contributed by atoms with Gasteiger partial charge in [-0.3, -0.25) is 14.9 Å². The van der Waals surface area contributed by atoms with Crippen LogP contribution in [0, 0.1) is 0 Å². The standard InChI is InChI=1S/C30H27N3O2S/c1-33(27-15-9-8-14-26(27)29(35)31-21-20-22-10-4-2-5-11-22)30(36)32-28(34)25-18-16-24(17-19-25)23-12-6-3-7-13-23/h2-19H,20-21H2,1H3,(H,31,35)(H,32,34,36). The van der Waals surface area contributed by atoms with Gasteiger partial charge in [-0.15, -0.1) is 0 Å². The average molecular weight is 494 g/mol. The summed E-state index contributed by atoms with van der Waals surface area (Å²) in [6, 6.07) is 34.5. The van der Waals surface area contributed by atoms with E-state index in [4.69, 9.17) is 12.2 Å². The fraction of sp³-hybridized carbons (Fsp3) is 0.100. The maximum absolute atomic E-state index is 12.9. The van der Waals surface area contributed by atoms with Crippen molar-refractivity contribution in [2.75, 3.05) is 18.5 Å². The van der Waals surface area contributed by atoms with Gasteiger partial charge in [-0.2, -0.15) is 0 Å². The topological polar surface area (TPSA) is 61.4 Å². The number of hydrogen-bond donors (Lipinski definition) is 2.